The highest BCUT2D eigenvalue weighted by atomic mass is 35.5. The first-order valence-corrected chi connectivity index (χ1v) is 7.00. The van der Waals surface area contributed by atoms with E-state index in [1.165, 1.54) is 0 Å². The molecule has 6 nitrogen and oxygen atoms in total. The van der Waals surface area contributed by atoms with Crippen molar-refractivity contribution in [3.63, 3.8) is 0 Å². The second-order valence-corrected chi connectivity index (χ2v) is 4.91. The van der Waals surface area contributed by atoms with Crippen molar-refractivity contribution in [2.45, 2.75) is 32.8 Å². The molecule has 2 rings (SSSR count). The van der Waals surface area contributed by atoms with Crippen molar-refractivity contribution in [3.05, 3.63) is 22.2 Å². The van der Waals surface area contributed by atoms with Crippen LogP contribution in [0.25, 0.3) is 0 Å². The van der Waals surface area contributed by atoms with Crippen LogP contribution in [0.4, 0.5) is 0 Å². The maximum atomic E-state index is 11.8. The fraction of sp³-hybridized carbons (Fsp3) is 0.429. The smallest absolute Gasteiger partial charge is 0.267 e. The maximum absolute atomic E-state index is 11.8. The first-order valence-electron chi connectivity index (χ1n) is 6.62. The van der Waals surface area contributed by atoms with Gasteiger partial charge < -0.3 is 19.8 Å². The molecule has 0 aliphatic carbocycles. The molecule has 1 aromatic carbocycles. The van der Waals surface area contributed by atoms with Crippen LogP contribution in [0.1, 0.15) is 36.2 Å². The molecule has 7 heteroatoms. The molecule has 114 valence electrons. The number of benzene rings is 1. The third kappa shape index (κ3) is 2.76. The van der Waals surface area contributed by atoms with E-state index in [0.29, 0.717) is 18.6 Å². The third-order valence-electron chi connectivity index (χ3n) is 3.23. The number of phenols is 1. The summed E-state index contributed by atoms with van der Waals surface area (Å²) in [5.74, 6) is -0.177. The summed E-state index contributed by atoms with van der Waals surface area (Å²) in [6.45, 7) is 3.78. The first kappa shape index (κ1) is 15.4. The molecule has 0 spiro atoms. The Morgan fingerprint density at radius 1 is 1.57 bits per heavy atom. The summed E-state index contributed by atoms with van der Waals surface area (Å²) >= 11 is 6.06. The Bertz CT molecular complexity index is 600. The molecule has 0 radical (unpaired) electrons. The molecular weight excluding hydrogens is 298 g/mol. The van der Waals surface area contributed by atoms with Crippen molar-refractivity contribution in [2.24, 2.45) is 5.16 Å². The fourth-order valence-corrected chi connectivity index (χ4v) is 2.48. The molecule has 21 heavy (non-hydrogen) atoms. The SMILES string of the molecule is CCO/C(=N\O)C1Cc2cc(C(=O)CC)c(O)c(Cl)c2O1. The monoisotopic (exact) mass is 313 g/mol. The molecule has 1 aliphatic heterocycles. The number of oxime groups is 1. The molecule has 1 unspecified atom stereocenters. The van der Waals surface area contributed by atoms with Gasteiger partial charge in [-0.25, -0.2) is 0 Å². The highest BCUT2D eigenvalue weighted by Crippen LogP contribution is 2.44. The Labute approximate surface area is 126 Å². The Hall–Kier alpha value is -1.95. The van der Waals surface area contributed by atoms with Gasteiger partial charge in [0.1, 0.15) is 16.5 Å². The molecule has 0 aromatic heterocycles. The lowest BCUT2D eigenvalue weighted by Crippen LogP contribution is -2.27. The van der Waals surface area contributed by atoms with Crippen LogP contribution >= 0.6 is 11.6 Å². The number of carbonyl (C=O) groups excluding carboxylic acids is 1. The van der Waals surface area contributed by atoms with E-state index in [0.717, 1.165) is 0 Å². The summed E-state index contributed by atoms with van der Waals surface area (Å²) in [5, 5.41) is 22.0. The van der Waals surface area contributed by atoms with Gasteiger partial charge in [0.15, 0.2) is 11.9 Å². The molecule has 0 amide bonds. The van der Waals surface area contributed by atoms with Crippen LogP contribution in [0.15, 0.2) is 11.2 Å². The third-order valence-corrected chi connectivity index (χ3v) is 3.58. The van der Waals surface area contributed by atoms with Crippen molar-refractivity contribution in [3.8, 4) is 11.5 Å². The van der Waals surface area contributed by atoms with E-state index in [1.807, 2.05) is 0 Å². The van der Waals surface area contributed by atoms with E-state index < -0.39 is 6.10 Å². The van der Waals surface area contributed by atoms with Crippen molar-refractivity contribution in [2.75, 3.05) is 6.61 Å². The zero-order valence-corrected chi connectivity index (χ0v) is 12.5. The number of rotatable bonds is 4. The number of carbonyl (C=O) groups is 1. The zero-order valence-electron chi connectivity index (χ0n) is 11.7. The Morgan fingerprint density at radius 2 is 2.29 bits per heavy atom. The second kappa shape index (κ2) is 6.22. The quantitative estimate of drug-likeness (QED) is 0.293. The van der Waals surface area contributed by atoms with Gasteiger partial charge in [0.2, 0.25) is 0 Å². The summed E-state index contributed by atoms with van der Waals surface area (Å²) in [7, 11) is 0. The van der Waals surface area contributed by atoms with Gasteiger partial charge in [-0.3, -0.25) is 4.79 Å². The minimum absolute atomic E-state index is 0.0133. The normalized spacial score (nSPS) is 17.3. The van der Waals surface area contributed by atoms with E-state index in [9.17, 15) is 9.90 Å². The van der Waals surface area contributed by atoms with Gasteiger partial charge in [0.25, 0.3) is 5.90 Å². The number of halogens is 1. The number of hydrogen-bond donors (Lipinski definition) is 2. The number of aromatic hydroxyl groups is 1. The summed E-state index contributed by atoms with van der Waals surface area (Å²) < 4.78 is 10.8. The van der Waals surface area contributed by atoms with Gasteiger partial charge in [0, 0.05) is 18.4 Å². The van der Waals surface area contributed by atoms with E-state index in [2.05, 4.69) is 5.16 Å². The number of phenolic OH excluding ortho intramolecular Hbond substituents is 1. The van der Waals surface area contributed by atoms with Crippen molar-refractivity contribution >= 4 is 23.3 Å². The predicted octanol–water partition coefficient (Wildman–Crippen LogP) is 2.77. The summed E-state index contributed by atoms with van der Waals surface area (Å²) in [6, 6.07) is 1.56. The Balaban J connectivity index is 2.37. The summed E-state index contributed by atoms with van der Waals surface area (Å²) in [4.78, 5) is 11.8. The van der Waals surface area contributed by atoms with Crippen LogP contribution in [-0.4, -0.2) is 34.7 Å². The lowest BCUT2D eigenvalue weighted by Gasteiger charge is -2.13. The lowest BCUT2D eigenvalue weighted by molar-refractivity contribution is 0.0985. The topological polar surface area (TPSA) is 88.4 Å². The Kier molecular flexibility index (Phi) is 4.57. The molecule has 1 atom stereocenters. The minimum Gasteiger partial charge on any atom is -0.505 e. The molecule has 1 heterocycles. The molecule has 0 bridgehead atoms. The van der Waals surface area contributed by atoms with Crippen molar-refractivity contribution < 1.29 is 24.6 Å². The van der Waals surface area contributed by atoms with Crippen molar-refractivity contribution in [1.29, 1.82) is 0 Å². The summed E-state index contributed by atoms with van der Waals surface area (Å²) in [6.07, 6.45) is -0.0256. The molecule has 0 saturated carbocycles. The van der Waals surface area contributed by atoms with E-state index in [4.69, 9.17) is 26.3 Å². The molecular formula is C14H16ClNO5. The van der Waals surface area contributed by atoms with Gasteiger partial charge in [-0.05, 0) is 13.0 Å². The molecule has 1 aromatic rings. The molecule has 1 aliphatic rings. The van der Waals surface area contributed by atoms with Crippen molar-refractivity contribution in [1.82, 2.24) is 0 Å². The largest absolute Gasteiger partial charge is 0.505 e. The van der Waals surface area contributed by atoms with Gasteiger partial charge in [-0.2, -0.15) is 0 Å². The summed E-state index contributed by atoms with van der Waals surface area (Å²) in [5.41, 5.74) is 0.838. The predicted molar refractivity (Wildman–Crippen MR) is 76.7 cm³/mol. The zero-order chi connectivity index (χ0) is 15.6. The molecule has 0 fully saturated rings. The number of ether oxygens (including phenoxy) is 2. The van der Waals surface area contributed by atoms with Crippen LogP contribution in [0.2, 0.25) is 5.02 Å². The average Bonchev–Trinajstić information content (AvgIpc) is 2.91. The standard InChI is InChI=1S/C14H16ClNO5/c1-3-9(17)8-5-7-6-10(14(16-19)20-4-2)21-13(7)11(15)12(8)18/h5,10,18-19H,3-4,6H2,1-2H3/b16-14-. The van der Waals surface area contributed by atoms with Crippen LogP contribution < -0.4 is 4.74 Å². The highest BCUT2D eigenvalue weighted by Gasteiger charge is 2.33. The second-order valence-electron chi connectivity index (χ2n) is 4.53. The van der Waals surface area contributed by atoms with Crippen LogP contribution in [0, 0.1) is 0 Å². The minimum atomic E-state index is -0.631. The number of fused-ring (bicyclic) bond motifs is 1. The van der Waals surface area contributed by atoms with Gasteiger partial charge in [0.05, 0.1) is 12.2 Å². The first-order chi connectivity index (χ1) is 10.0. The van der Waals surface area contributed by atoms with Crippen LogP contribution in [0.3, 0.4) is 0 Å². The van der Waals surface area contributed by atoms with E-state index in [1.54, 1.807) is 19.9 Å². The highest BCUT2D eigenvalue weighted by molar-refractivity contribution is 6.34. The molecule has 2 N–H and O–H groups in total. The number of hydrogen-bond acceptors (Lipinski definition) is 6. The van der Waals surface area contributed by atoms with Crippen LogP contribution in [0.5, 0.6) is 11.5 Å². The Morgan fingerprint density at radius 3 is 2.86 bits per heavy atom. The van der Waals surface area contributed by atoms with E-state index in [-0.39, 0.29) is 40.2 Å². The van der Waals surface area contributed by atoms with Gasteiger partial charge >= 0.3 is 0 Å². The molecule has 0 saturated heterocycles. The van der Waals surface area contributed by atoms with Gasteiger partial charge in [-0.15, -0.1) is 0 Å². The number of nitrogens with zero attached hydrogens (tertiary/aromatic N) is 1. The fourth-order valence-electron chi connectivity index (χ4n) is 2.21. The number of Topliss-reactive ketones (excluding diaryl/α,β-unsaturated/α-hetero) is 1. The maximum Gasteiger partial charge on any atom is 0.267 e. The van der Waals surface area contributed by atoms with Crippen LogP contribution in [-0.2, 0) is 11.2 Å². The lowest BCUT2D eigenvalue weighted by atomic mass is 10.0. The number of ketones is 1. The van der Waals surface area contributed by atoms with E-state index >= 15 is 0 Å². The van der Waals surface area contributed by atoms with Gasteiger partial charge in [-0.1, -0.05) is 23.7 Å². The average molecular weight is 314 g/mol.